The fourth-order valence-electron chi connectivity index (χ4n) is 2.49. The molecule has 1 fully saturated rings. The molecule has 0 atom stereocenters. The Kier molecular flexibility index (Phi) is 4.27. The van der Waals surface area contributed by atoms with E-state index in [1.54, 1.807) is 12.3 Å². The van der Waals surface area contributed by atoms with Crippen molar-refractivity contribution in [2.75, 3.05) is 18.0 Å². The van der Waals surface area contributed by atoms with Crippen LogP contribution in [0, 0.1) is 5.82 Å². The molecule has 1 aromatic carbocycles. The Labute approximate surface area is 128 Å². The molecule has 0 radical (unpaired) electrons. The number of carbonyl (C=O) groups excluding carboxylic acids is 1. The van der Waals surface area contributed by atoms with Gasteiger partial charge in [0.1, 0.15) is 17.5 Å². The van der Waals surface area contributed by atoms with Crippen molar-refractivity contribution in [3.63, 3.8) is 0 Å². The van der Waals surface area contributed by atoms with Crippen LogP contribution in [-0.4, -0.2) is 29.0 Å². The molecule has 0 spiro atoms. The first-order valence-corrected chi connectivity index (χ1v) is 7.33. The van der Waals surface area contributed by atoms with Gasteiger partial charge in [0.25, 0.3) is 5.91 Å². The lowest BCUT2D eigenvalue weighted by Crippen LogP contribution is -2.25. The van der Waals surface area contributed by atoms with Crippen molar-refractivity contribution in [1.82, 2.24) is 15.3 Å². The third-order valence-corrected chi connectivity index (χ3v) is 3.61. The summed E-state index contributed by atoms with van der Waals surface area (Å²) < 4.78 is 13.1. The van der Waals surface area contributed by atoms with Gasteiger partial charge in [-0.25, -0.2) is 14.4 Å². The van der Waals surface area contributed by atoms with Gasteiger partial charge in [0.15, 0.2) is 0 Å². The molecule has 1 aromatic heterocycles. The third-order valence-electron chi connectivity index (χ3n) is 3.61. The molecule has 2 heterocycles. The molecule has 1 saturated heterocycles. The molecule has 5 nitrogen and oxygen atoms in total. The molecule has 1 amide bonds. The molecule has 0 saturated carbocycles. The summed E-state index contributed by atoms with van der Waals surface area (Å²) in [6.45, 7) is 2.23. The third kappa shape index (κ3) is 3.39. The molecule has 0 bridgehead atoms. The average molecular weight is 300 g/mol. The number of nitrogens with zero attached hydrogens (tertiary/aromatic N) is 3. The van der Waals surface area contributed by atoms with E-state index >= 15 is 0 Å². The highest BCUT2D eigenvalue weighted by Crippen LogP contribution is 2.16. The van der Waals surface area contributed by atoms with Crippen LogP contribution in [-0.2, 0) is 6.54 Å². The molecular weight excluding hydrogens is 283 g/mol. The summed E-state index contributed by atoms with van der Waals surface area (Å²) >= 11 is 0. The van der Waals surface area contributed by atoms with Gasteiger partial charge in [-0.3, -0.25) is 4.79 Å². The highest BCUT2D eigenvalue weighted by molar-refractivity contribution is 5.94. The number of nitrogens with one attached hydrogen (secondary N) is 1. The molecule has 1 aliphatic heterocycles. The zero-order chi connectivity index (χ0) is 15.4. The van der Waals surface area contributed by atoms with Gasteiger partial charge in [-0.15, -0.1) is 0 Å². The summed E-state index contributed by atoms with van der Waals surface area (Å²) in [4.78, 5) is 22.8. The summed E-state index contributed by atoms with van der Waals surface area (Å²) in [5, 5.41) is 2.71. The highest BCUT2D eigenvalue weighted by atomic mass is 19.1. The standard InChI is InChI=1S/C16H17FN4O/c17-13-5-3-4-12(10-13)16(22)19-11-14-18-7-6-15(20-14)21-8-1-2-9-21/h3-7,10H,1-2,8-9,11H2,(H,19,22). The molecule has 6 heteroatoms. The molecule has 2 aromatic rings. The Morgan fingerprint density at radius 3 is 2.86 bits per heavy atom. The Morgan fingerprint density at radius 1 is 1.27 bits per heavy atom. The SMILES string of the molecule is O=C(NCc1nccc(N2CCCC2)n1)c1cccc(F)c1. The van der Waals surface area contributed by atoms with E-state index in [1.165, 1.54) is 31.0 Å². The normalized spacial score (nSPS) is 14.1. The Bertz CT molecular complexity index is 671. The van der Waals surface area contributed by atoms with Crippen LogP contribution >= 0.6 is 0 Å². The number of carbonyl (C=O) groups is 1. The summed E-state index contributed by atoms with van der Waals surface area (Å²) in [7, 11) is 0. The van der Waals surface area contributed by atoms with E-state index in [2.05, 4.69) is 20.2 Å². The Hall–Kier alpha value is -2.50. The number of anilines is 1. The van der Waals surface area contributed by atoms with Crippen LogP contribution in [0.25, 0.3) is 0 Å². The molecule has 3 rings (SSSR count). The second-order valence-corrected chi connectivity index (χ2v) is 5.22. The van der Waals surface area contributed by atoms with Crippen molar-refractivity contribution in [3.8, 4) is 0 Å². The van der Waals surface area contributed by atoms with Crippen molar-refractivity contribution >= 4 is 11.7 Å². The number of hydrogen-bond acceptors (Lipinski definition) is 4. The van der Waals surface area contributed by atoms with Crippen LogP contribution in [0.5, 0.6) is 0 Å². The molecule has 1 aliphatic rings. The molecule has 114 valence electrons. The Morgan fingerprint density at radius 2 is 2.09 bits per heavy atom. The first-order chi connectivity index (χ1) is 10.7. The summed E-state index contributed by atoms with van der Waals surface area (Å²) in [6.07, 6.45) is 4.05. The molecular formula is C16H17FN4O. The number of benzene rings is 1. The quantitative estimate of drug-likeness (QED) is 0.940. The summed E-state index contributed by atoms with van der Waals surface area (Å²) in [5.41, 5.74) is 0.288. The number of hydrogen-bond donors (Lipinski definition) is 1. The maximum atomic E-state index is 13.1. The number of amides is 1. The van der Waals surface area contributed by atoms with Gasteiger partial charge in [-0.05, 0) is 37.1 Å². The van der Waals surface area contributed by atoms with Crippen molar-refractivity contribution in [1.29, 1.82) is 0 Å². The zero-order valence-corrected chi connectivity index (χ0v) is 12.1. The molecule has 0 unspecified atom stereocenters. The molecule has 22 heavy (non-hydrogen) atoms. The van der Waals surface area contributed by atoms with E-state index in [9.17, 15) is 9.18 Å². The van der Waals surface area contributed by atoms with Gasteiger partial charge in [0.05, 0.1) is 6.54 Å². The van der Waals surface area contributed by atoms with Gasteiger partial charge >= 0.3 is 0 Å². The maximum Gasteiger partial charge on any atom is 0.251 e. The van der Waals surface area contributed by atoms with E-state index in [0.29, 0.717) is 5.82 Å². The number of aromatic nitrogens is 2. The van der Waals surface area contributed by atoms with Crippen LogP contribution in [0.3, 0.4) is 0 Å². The highest BCUT2D eigenvalue weighted by Gasteiger charge is 2.14. The van der Waals surface area contributed by atoms with E-state index in [-0.39, 0.29) is 18.0 Å². The lowest BCUT2D eigenvalue weighted by atomic mass is 10.2. The van der Waals surface area contributed by atoms with Crippen LogP contribution < -0.4 is 10.2 Å². The second-order valence-electron chi connectivity index (χ2n) is 5.22. The summed E-state index contributed by atoms with van der Waals surface area (Å²) in [6, 6.07) is 7.47. The van der Waals surface area contributed by atoms with Gasteiger partial charge in [0, 0.05) is 24.8 Å². The topological polar surface area (TPSA) is 58.1 Å². The smallest absolute Gasteiger partial charge is 0.251 e. The van der Waals surface area contributed by atoms with Crippen molar-refractivity contribution < 1.29 is 9.18 Å². The lowest BCUT2D eigenvalue weighted by molar-refractivity contribution is 0.0949. The lowest BCUT2D eigenvalue weighted by Gasteiger charge is -2.16. The minimum atomic E-state index is -0.431. The van der Waals surface area contributed by atoms with Gasteiger partial charge in [-0.2, -0.15) is 0 Å². The average Bonchev–Trinajstić information content (AvgIpc) is 3.07. The fraction of sp³-hybridized carbons (Fsp3) is 0.312. The minimum absolute atomic E-state index is 0.219. The minimum Gasteiger partial charge on any atom is -0.357 e. The predicted octanol–water partition coefficient (Wildman–Crippen LogP) is 2.15. The largest absolute Gasteiger partial charge is 0.357 e. The summed E-state index contributed by atoms with van der Waals surface area (Å²) in [5.74, 6) is 0.672. The van der Waals surface area contributed by atoms with Crippen molar-refractivity contribution in [2.24, 2.45) is 0 Å². The van der Waals surface area contributed by atoms with E-state index in [1.807, 2.05) is 6.07 Å². The zero-order valence-electron chi connectivity index (χ0n) is 12.1. The van der Waals surface area contributed by atoms with Crippen LogP contribution in [0.2, 0.25) is 0 Å². The van der Waals surface area contributed by atoms with Crippen molar-refractivity contribution in [3.05, 3.63) is 53.7 Å². The van der Waals surface area contributed by atoms with Crippen LogP contribution in [0.4, 0.5) is 10.2 Å². The van der Waals surface area contributed by atoms with Gasteiger partial charge in [0.2, 0.25) is 0 Å². The van der Waals surface area contributed by atoms with Crippen LogP contribution in [0.15, 0.2) is 36.5 Å². The second kappa shape index (κ2) is 6.51. The van der Waals surface area contributed by atoms with Gasteiger partial charge < -0.3 is 10.2 Å². The molecule has 1 N–H and O–H groups in total. The number of rotatable bonds is 4. The first kappa shape index (κ1) is 14.4. The van der Waals surface area contributed by atoms with E-state index in [4.69, 9.17) is 0 Å². The fourth-order valence-corrected chi connectivity index (χ4v) is 2.49. The van der Waals surface area contributed by atoms with Gasteiger partial charge in [-0.1, -0.05) is 6.07 Å². The monoisotopic (exact) mass is 300 g/mol. The maximum absolute atomic E-state index is 13.1. The van der Waals surface area contributed by atoms with Crippen molar-refractivity contribution in [2.45, 2.75) is 19.4 Å². The predicted molar refractivity (Wildman–Crippen MR) is 81.0 cm³/mol. The molecule has 0 aliphatic carbocycles. The Balaban J connectivity index is 1.63. The first-order valence-electron chi connectivity index (χ1n) is 7.33. The number of halogens is 1. The van der Waals surface area contributed by atoms with Crippen LogP contribution in [0.1, 0.15) is 29.0 Å². The van der Waals surface area contributed by atoms with E-state index < -0.39 is 5.82 Å². The van der Waals surface area contributed by atoms with E-state index in [0.717, 1.165) is 18.9 Å².